The predicted molar refractivity (Wildman–Crippen MR) is 136 cm³/mol. The van der Waals surface area contributed by atoms with E-state index < -0.39 is 15.7 Å². The Morgan fingerprint density at radius 3 is 2.26 bits per heavy atom. The van der Waals surface area contributed by atoms with Gasteiger partial charge in [0, 0.05) is 5.69 Å². The Labute approximate surface area is 205 Å². The molecule has 0 heterocycles. The van der Waals surface area contributed by atoms with Crippen molar-refractivity contribution in [2.45, 2.75) is 24.5 Å². The maximum atomic E-state index is 12.7. The number of hydrogen-bond donors (Lipinski definition) is 2. The molecule has 0 atom stereocenters. The van der Waals surface area contributed by atoms with Gasteiger partial charge in [-0.15, -0.1) is 0 Å². The third-order valence-electron chi connectivity index (χ3n) is 4.93. The summed E-state index contributed by atoms with van der Waals surface area (Å²) in [5.74, 6) is 0.761. The first kappa shape index (κ1) is 25.2. The lowest BCUT2D eigenvalue weighted by Gasteiger charge is -2.12. The second-order valence-electron chi connectivity index (χ2n) is 7.69. The summed E-state index contributed by atoms with van der Waals surface area (Å²) in [5.41, 5.74) is 3.26. The lowest BCUT2D eigenvalue weighted by atomic mass is 10.1. The minimum absolute atomic E-state index is 0.0862. The number of methoxy groups -OCH3 is 1. The largest absolute Gasteiger partial charge is 0.497 e. The van der Waals surface area contributed by atoms with Gasteiger partial charge in [0.2, 0.25) is 0 Å². The van der Waals surface area contributed by atoms with Crippen LogP contribution in [0.25, 0.3) is 0 Å². The van der Waals surface area contributed by atoms with Crippen LogP contribution in [0.3, 0.4) is 0 Å². The van der Waals surface area contributed by atoms with Gasteiger partial charge in [0.05, 0.1) is 17.8 Å². The maximum absolute atomic E-state index is 12.7. The fourth-order valence-electron chi connectivity index (χ4n) is 3.20. The number of hydrogen-bond acceptors (Lipinski definition) is 6. The van der Waals surface area contributed by atoms with Gasteiger partial charge in [0.15, 0.2) is 21.6 Å². The minimum Gasteiger partial charge on any atom is -0.497 e. The van der Waals surface area contributed by atoms with Crippen molar-refractivity contribution in [2.75, 3.05) is 19.0 Å². The van der Waals surface area contributed by atoms with E-state index in [0.29, 0.717) is 22.7 Å². The van der Waals surface area contributed by atoms with Crippen LogP contribution >= 0.6 is 12.2 Å². The van der Waals surface area contributed by atoms with Crippen molar-refractivity contribution < 1.29 is 22.7 Å². The summed E-state index contributed by atoms with van der Waals surface area (Å²) in [4.78, 5) is 12.3. The van der Waals surface area contributed by atoms with Crippen LogP contribution in [0, 0.1) is 13.8 Å². The number of amides is 1. The molecule has 3 rings (SSSR count). The SMILES string of the molecule is COc1ccc(CS(=O)(=O)c2ccc(NC(=S)NC(=O)COc3ccc(C)cc3C)cc2)cc1. The highest BCUT2D eigenvalue weighted by Crippen LogP contribution is 2.21. The van der Waals surface area contributed by atoms with Crippen molar-refractivity contribution in [3.05, 3.63) is 83.4 Å². The van der Waals surface area contributed by atoms with Gasteiger partial charge in [0.25, 0.3) is 5.91 Å². The zero-order valence-corrected chi connectivity index (χ0v) is 20.8. The van der Waals surface area contributed by atoms with Crippen LogP contribution in [0.1, 0.15) is 16.7 Å². The molecule has 0 fully saturated rings. The van der Waals surface area contributed by atoms with E-state index in [0.717, 1.165) is 11.1 Å². The van der Waals surface area contributed by atoms with Gasteiger partial charge >= 0.3 is 0 Å². The molecule has 3 aromatic carbocycles. The number of rotatable bonds is 8. The fourth-order valence-corrected chi connectivity index (χ4v) is 4.78. The third-order valence-corrected chi connectivity index (χ3v) is 6.84. The van der Waals surface area contributed by atoms with Crippen LogP contribution < -0.4 is 20.1 Å². The number of carbonyl (C=O) groups excluding carboxylic acids is 1. The Kier molecular flexibility index (Phi) is 8.25. The molecule has 0 spiro atoms. The van der Waals surface area contributed by atoms with Crippen molar-refractivity contribution >= 4 is 38.8 Å². The normalized spacial score (nSPS) is 10.9. The van der Waals surface area contributed by atoms with Crippen molar-refractivity contribution in [1.82, 2.24) is 5.32 Å². The lowest BCUT2D eigenvalue weighted by Crippen LogP contribution is -2.37. The molecular weight excluding hydrogens is 472 g/mol. The van der Waals surface area contributed by atoms with Crippen LogP contribution in [0.5, 0.6) is 11.5 Å². The number of aryl methyl sites for hydroxylation is 2. The molecule has 0 saturated carbocycles. The molecule has 0 aliphatic heterocycles. The van der Waals surface area contributed by atoms with Gasteiger partial charge in [0.1, 0.15) is 11.5 Å². The molecule has 3 aromatic rings. The Hall–Kier alpha value is -3.43. The number of thiocarbonyl (C=S) groups is 1. The van der Waals surface area contributed by atoms with Gasteiger partial charge in [-0.3, -0.25) is 10.1 Å². The first-order chi connectivity index (χ1) is 16.2. The summed E-state index contributed by atoms with van der Waals surface area (Å²) in [6, 6.07) is 18.8. The number of carbonyl (C=O) groups is 1. The van der Waals surface area contributed by atoms with Gasteiger partial charge in [-0.2, -0.15) is 0 Å². The Bertz CT molecular complexity index is 1270. The predicted octanol–water partition coefficient (Wildman–Crippen LogP) is 4.18. The van der Waals surface area contributed by atoms with Crippen LogP contribution in [0.15, 0.2) is 71.6 Å². The number of anilines is 1. The van der Waals surface area contributed by atoms with E-state index in [4.69, 9.17) is 21.7 Å². The molecule has 0 saturated heterocycles. The molecule has 0 aliphatic carbocycles. The Morgan fingerprint density at radius 1 is 0.971 bits per heavy atom. The molecule has 1 amide bonds. The maximum Gasteiger partial charge on any atom is 0.264 e. The quantitative estimate of drug-likeness (QED) is 0.450. The Balaban J connectivity index is 1.52. The van der Waals surface area contributed by atoms with E-state index in [1.54, 1.807) is 43.5 Å². The number of sulfone groups is 1. The van der Waals surface area contributed by atoms with Crippen molar-refractivity contribution in [3.63, 3.8) is 0 Å². The van der Waals surface area contributed by atoms with Crippen LogP contribution in [-0.4, -0.2) is 33.2 Å². The molecule has 7 nitrogen and oxygen atoms in total. The van der Waals surface area contributed by atoms with Gasteiger partial charge in [-0.1, -0.05) is 29.8 Å². The lowest BCUT2D eigenvalue weighted by molar-refractivity contribution is -0.121. The van der Waals surface area contributed by atoms with E-state index in [1.807, 2.05) is 32.0 Å². The van der Waals surface area contributed by atoms with Crippen LogP contribution in [-0.2, 0) is 20.4 Å². The smallest absolute Gasteiger partial charge is 0.264 e. The first-order valence-corrected chi connectivity index (χ1v) is 12.5. The second-order valence-corrected chi connectivity index (χ2v) is 10.1. The topological polar surface area (TPSA) is 93.7 Å². The molecule has 0 aliphatic rings. The molecule has 178 valence electrons. The van der Waals surface area contributed by atoms with E-state index in [2.05, 4.69) is 10.6 Å². The summed E-state index contributed by atoms with van der Waals surface area (Å²) < 4.78 is 36.1. The van der Waals surface area contributed by atoms with E-state index in [-0.39, 0.29) is 22.4 Å². The zero-order valence-electron chi connectivity index (χ0n) is 19.1. The highest BCUT2D eigenvalue weighted by molar-refractivity contribution is 7.90. The summed E-state index contributed by atoms with van der Waals surface area (Å²) in [6.45, 7) is 3.71. The molecule has 0 unspecified atom stereocenters. The highest BCUT2D eigenvalue weighted by atomic mass is 32.2. The van der Waals surface area contributed by atoms with Crippen molar-refractivity contribution in [1.29, 1.82) is 0 Å². The molecule has 9 heteroatoms. The molecule has 34 heavy (non-hydrogen) atoms. The zero-order chi connectivity index (χ0) is 24.7. The van der Waals surface area contributed by atoms with Gasteiger partial charge in [-0.05, 0) is 79.7 Å². The Morgan fingerprint density at radius 2 is 1.65 bits per heavy atom. The average Bonchev–Trinajstić information content (AvgIpc) is 2.79. The molecule has 0 bridgehead atoms. The molecule has 0 aromatic heterocycles. The van der Waals surface area contributed by atoms with Crippen LogP contribution in [0.4, 0.5) is 5.69 Å². The average molecular weight is 499 g/mol. The number of benzene rings is 3. The third kappa shape index (κ3) is 7.03. The molecule has 0 radical (unpaired) electrons. The van der Waals surface area contributed by atoms with Gasteiger partial charge < -0.3 is 14.8 Å². The van der Waals surface area contributed by atoms with E-state index in [1.165, 1.54) is 12.1 Å². The minimum atomic E-state index is -3.52. The van der Waals surface area contributed by atoms with Crippen molar-refractivity contribution in [3.8, 4) is 11.5 Å². The number of nitrogens with one attached hydrogen (secondary N) is 2. The first-order valence-electron chi connectivity index (χ1n) is 10.4. The standard InChI is InChI=1S/C25H26N2O5S2/c1-17-4-13-23(18(2)14-17)32-15-24(28)27-25(33)26-20-7-11-22(12-8-20)34(29,30)16-19-5-9-21(31-3)10-6-19/h4-14H,15-16H2,1-3H3,(H2,26,27,28,33). The summed E-state index contributed by atoms with van der Waals surface area (Å²) in [5, 5.41) is 5.50. The number of ether oxygens (including phenoxy) is 2. The fraction of sp³-hybridized carbons (Fsp3) is 0.200. The van der Waals surface area contributed by atoms with Gasteiger partial charge in [-0.25, -0.2) is 8.42 Å². The summed E-state index contributed by atoms with van der Waals surface area (Å²) >= 11 is 5.17. The summed E-state index contributed by atoms with van der Waals surface area (Å²) in [7, 11) is -1.97. The summed E-state index contributed by atoms with van der Waals surface area (Å²) in [6.07, 6.45) is 0. The monoisotopic (exact) mass is 498 g/mol. The van der Waals surface area contributed by atoms with Crippen molar-refractivity contribution in [2.24, 2.45) is 0 Å². The van der Waals surface area contributed by atoms with E-state index in [9.17, 15) is 13.2 Å². The van der Waals surface area contributed by atoms with E-state index >= 15 is 0 Å². The molecule has 2 N–H and O–H groups in total. The second kappa shape index (κ2) is 11.1. The molecular formula is C25H26N2O5S2. The van der Waals surface area contributed by atoms with Crippen LogP contribution in [0.2, 0.25) is 0 Å². The highest BCUT2D eigenvalue weighted by Gasteiger charge is 2.16.